The fraction of sp³-hybridized carbons (Fsp3) is 0.571. The van der Waals surface area contributed by atoms with Gasteiger partial charge >= 0.3 is 0 Å². The van der Waals surface area contributed by atoms with Crippen molar-refractivity contribution in [1.29, 1.82) is 0 Å². The third-order valence-electron chi connectivity index (χ3n) is 5.92. The number of guanidine groups is 1. The van der Waals surface area contributed by atoms with Crippen molar-refractivity contribution >= 4 is 16.9 Å². The highest BCUT2D eigenvalue weighted by atomic mass is 16.5. The highest BCUT2D eigenvalue weighted by Crippen LogP contribution is 2.22. The number of nitrogens with one attached hydrogen (secondary N) is 2. The number of morpholine rings is 1. The van der Waals surface area contributed by atoms with Gasteiger partial charge in [-0.25, -0.2) is 0 Å². The maximum atomic E-state index is 5.49. The Morgan fingerprint density at radius 3 is 2.89 bits per heavy atom. The van der Waals surface area contributed by atoms with Crippen LogP contribution in [0.2, 0.25) is 0 Å². The van der Waals surface area contributed by atoms with Crippen molar-refractivity contribution in [3.63, 3.8) is 0 Å². The predicted molar refractivity (Wildman–Crippen MR) is 110 cm³/mol. The second kappa shape index (κ2) is 8.31. The number of hydrogen-bond donors (Lipinski definition) is 2. The van der Waals surface area contributed by atoms with Crippen LogP contribution in [-0.2, 0) is 11.2 Å². The maximum absolute atomic E-state index is 5.49. The summed E-state index contributed by atoms with van der Waals surface area (Å²) in [4.78, 5) is 13.0. The Morgan fingerprint density at radius 1 is 1.26 bits per heavy atom. The first-order chi connectivity index (χ1) is 13.3. The number of nitrogens with zero attached hydrogens (tertiary/aromatic N) is 3. The Labute approximate surface area is 161 Å². The summed E-state index contributed by atoms with van der Waals surface area (Å²) in [6, 6.07) is 9.18. The monoisotopic (exact) mass is 369 g/mol. The van der Waals surface area contributed by atoms with Crippen LogP contribution in [0, 0.1) is 6.92 Å². The SMILES string of the molecule is CN=C(NCCc1c(C)[nH]c2ccccc12)N1CCC(N2CCOCC2)C1. The van der Waals surface area contributed by atoms with E-state index in [0.29, 0.717) is 6.04 Å². The lowest BCUT2D eigenvalue weighted by molar-refractivity contribution is 0.0195. The fourth-order valence-electron chi connectivity index (χ4n) is 4.46. The van der Waals surface area contributed by atoms with Crippen molar-refractivity contribution in [2.75, 3.05) is 53.0 Å². The van der Waals surface area contributed by atoms with Gasteiger partial charge in [0, 0.05) is 62.4 Å². The Kier molecular flexibility index (Phi) is 5.64. The Morgan fingerprint density at radius 2 is 2.07 bits per heavy atom. The van der Waals surface area contributed by atoms with Gasteiger partial charge in [0.1, 0.15) is 0 Å². The van der Waals surface area contributed by atoms with Gasteiger partial charge in [0.25, 0.3) is 0 Å². The van der Waals surface area contributed by atoms with E-state index >= 15 is 0 Å². The molecule has 0 spiro atoms. The number of benzene rings is 1. The third-order valence-corrected chi connectivity index (χ3v) is 5.92. The second-order valence-corrected chi connectivity index (χ2v) is 7.53. The molecule has 2 aliphatic rings. The molecule has 6 heteroatoms. The molecule has 1 atom stereocenters. The molecule has 1 aromatic carbocycles. The lowest BCUT2D eigenvalue weighted by Crippen LogP contribution is -2.46. The number of para-hydroxylation sites is 1. The summed E-state index contributed by atoms with van der Waals surface area (Å²) in [5.74, 6) is 1.03. The first-order valence-corrected chi connectivity index (χ1v) is 10.1. The summed E-state index contributed by atoms with van der Waals surface area (Å²) in [5, 5.41) is 4.92. The van der Waals surface area contributed by atoms with Gasteiger partial charge in [-0.15, -0.1) is 0 Å². The molecular formula is C21H31N5O. The Bertz CT molecular complexity index is 793. The van der Waals surface area contributed by atoms with E-state index in [0.717, 1.165) is 58.3 Å². The molecule has 0 aliphatic carbocycles. The van der Waals surface area contributed by atoms with E-state index in [1.165, 1.54) is 28.6 Å². The largest absolute Gasteiger partial charge is 0.379 e. The summed E-state index contributed by atoms with van der Waals surface area (Å²) >= 11 is 0. The number of aryl methyl sites for hydroxylation is 1. The molecule has 1 unspecified atom stereocenters. The van der Waals surface area contributed by atoms with Crippen molar-refractivity contribution in [1.82, 2.24) is 20.1 Å². The fourth-order valence-corrected chi connectivity index (χ4v) is 4.46. The number of fused-ring (bicyclic) bond motifs is 1. The number of aromatic amines is 1. The molecule has 4 rings (SSSR count). The number of ether oxygens (including phenoxy) is 1. The van der Waals surface area contributed by atoms with Gasteiger partial charge in [-0.3, -0.25) is 9.89 Å². The zero-order chi connectivity index (χ0) is 18.6. The maximum Gasteiger partial charge on any atom is 0.193 e. The highest BCUT2D eigenvalue weighted by Gasteiger charge is 2.30. The van der Waals surface area contributed by atoms with Gasteiger partial charge in [0.15, 0.2) is 5.96 Å². The minimum Gasteiger partial charge on any atom is -0.379 e. The average molecular weight is 370 g/mol. The van der Waals surface area contributed by atoms with Gasteiger partial charge in [0.05, 0.1) is 13.2 Å². The zero-order valence-corrected chi connectivity index (χ0v) is 16.5. The molecule has 0 radical (unpaired) electrons. The topological polar surface area (TPSA) is 55.9 Å². The summed E-state index contributed by atoms with van der Waals surface area (Å²) in [6.07, 6.45) is 2.21. The molecule has 2 aromatic rings. The number of rotatable bonds is 4. The minimum atomic E-state index is 0.628. The third kappa shape index (κ3) is 3.96. The smallest absolute Gasteiger partial charge is 0.193 e. The van der Waals surface area contributed by atoms with Gasteiger partial charge in [-0.1, -0.05) is 18.2 Å². The minimum absolute atomic E-state index is 0.628. The molecule has 2 aliphatic heterocycles. The average Bonchev–Trinajstić information content (AvgIpc) is 3.31. The Balaban J connectivity index is 1.32. The zero-order valence-electron chi connectivity index (χ0n) is 16.5. The standard InChI is InChI=1S/C21H31N5O/c1-16-18(19-5-3-4-6-20(19)24-16)7-9-23-21(22-2)26-10-8-17(15-26)25-11-13-27-14-12-25/h3-6,17,24H,7-15H2,1-2H3,(H,22,23). The van der Waals surface area contributed by atoms with E-state index < -0.39 is 0 Å². The van der Waals surface area contributed by atoms with Gasteiger partial charge in [0.2, 0.25) is 0 Å². The lowest BCUT2D eigenvalue weighted by Gasteiger charge is -2.32. The van der Waals surface area contributed by atoms with Gasteiger partial charge in [-0.05, 0) is 31.4 Å². The van der Waals surface area contributed by atoms with Crippen molar-refractivity contribution in [3.05, 3.63) is 35.5 Å². The molecule has 0 amide bonds. The quantitative estimate of drug-likeness (QED) is 0.639. The summed E-state index contributed by atoms with van der Waals surface area (Å²) in [6.45, 7) is 9.06. The molecule has 2 fully saturated rings. The number of H-pyrrole nitrogens is 1. The Hall–Kier alpha value is -2.05. The molecule has 1 aromatic heterocycles. The second-order valence-electron chi connectivity index (χ2n) is 7.53. The van der Waals surface area contributed by atoms with Crippen molar-refractivity contribution in [3.8, 4) is 0 Å². The van der Waals surface area contributed by atoms with Crippen LogP contribution < -0.4 is 5.32 Å². The first-order valence-electron chi connectivity index (χ1n) is 10.1. The number of likely N-dealkylation sites (tertiary alicyclic amines) is 1. The lowest BCUT2D eigenvalue weighted by atomic mass is 10.1. The van der Waals surface area contributed by atoms with E-state index in [1.54, 1.807) is 0 Å². The molecule has 0 bridgehead atoms. The van der Waals surface area contributed by atoms with Crippen LogP contribution in [0.1, 0.15) is 17.7 Å². The number of hydrogen-bond acceptors (Lipinski definition) is 3. The van der Waals surface area contributed by atoms with Crippen LogP contribution in [-0.4, -0.2) is 79.8 Å². The van der Waals surface area contributed by atoms with Crippen LogP contribution in [0.4, 0.5) is 0 Å². The molecule has 2 N–H and O–H groups in total. The molecule has 6 nitrogen and oxygen atoms in total. The summed E-state index contributed by atoms with van der Waals surface area (Å²) in [5.41, 5.74) is 3.89. The van der Waals surface area contributed by atoms with Crippen LogP contribution in [0.5, 0.6) is 0 Å². The van der Waals surface area contributed by atoms with E-state index in [1.807, 2.05) is 7.05 Å². The number of aromatic nitrogens is 1. The molecule has 27 heavy (non-hydrogen) atoms. The van der Waals surface area contributed by atoms with Crippen LogP contribution in [0.25, 0.3) is 10.9 Å². The van der Waals surface area contributed by atoms with E-state index in [4.69, 9.17) is 4.74 Å². The van der Waals surface area contributed by atoms with Crippen molar-refractivity contribution < 1.29 is 4.74 Å². The summed E-state index contributed by atoms with van der Waals surface area (Å²) in [7, 11) is 1.89. The molecular weight excluding hydrogens is 338 g/mol. The first kappa shape index (κ1) is 18.3. The highest BCUT2D eigenvalue weighted by molar-refractivity contribution is 5.85. The molecule has 146 valence electrons. The molecule has 0 saturated carbocycles. The van der Waals surface area contributed by atoms with E-state index in [2.05, 4.69) is 56.3 Å². The van der Waals surface area contributed by atoms with Gasteiger partial charge < -0.3 is 19.9 Å². The summed E-state index contributed by atoms with van der Waals surface area (Å²) < 4.78 is 5.49. The van der Waals surface area contributed by atoms with Crippen LogP contribution in [0.3, 0.4) is 0 Å². The predicted octanol–water partition coefficient (Wildman–Crippen LogP) is 2.00. The molecule has 2 saturated heterocycles. The van der Waals surface area contributed by atoms with E-state index in [-0.39, 0.29) is 0 Å². The number of aliphatic imine (C=N–C) groups is 1. The van der Waals surface area contributed by atoms with Crippen molar-refractivity contribution in [2.45, 2.75) is 25.8 Å². The van der Waals surface area contributed by atoms with E-state index in [9.17, 15) is 0 Å². The van der Waals surface area contributed by atoms with Gasteiger partial charge in [-0.2, -0.15) is 0 Å². The normalized spacial score (nSPS) is 21.9. The van der Waals surface area contributed by atoms with Crippen molar-refractivity contribution in [2.24, 2.45) is 4.99 Å². The van der Waals surface area contributed by atoms with Crippen LogP contribution >= 0.6 is 0 Å². The van der Waals surface area contributed by atoms with Crippen LogP contribution in [0.15, 0.2) is 29.3 Å². The molecule has 3 heterocycles.